The third-order valence-electron chi connectivity index (χ3n) is 4.18. The molecule has 0 bridgehead atoms. The Morgan fingerprint density at radius 1 is 1.09 bits per heavy atom. The van der Waals surface area contributed by atoms with Gasteiger partial charge >= 0.3 is 6.03 Å². The fourth-order valence-electron chi connectivity index (χ4n) is 2.74. The standard InChI is InChI=1S/C18H22N4O/c1-14-9-12-22(13-10-14)16-7-5-15(6-8-16)20-18(23)21-17-4-2-3-11-19-17/h2-8,11,14H,9-10,12-13H2,1H3,(H2,19,20,21,23). The van der Waals surface area contributed by atoms with E-state index in [0.29, 0.717) is 5.82 Å². The summed E-state index contributed by atoms with van der Waals surface area (Å²) in [7, 11) is 0. The van der Waals surface area contributed by atoms with E-state index in [9.17, 15) is 4.79 Å². The number of rotatable bonds is 3. The van der Waals surface area contributed by atoms with E-state index in [2.05, 4.69) is 39.6 Å². The molecule has 0 atom stereocenters. The number of nitrogens with one attached hydrogen (secondary N) is 2. The monoisotopic (exact) mass is 310 g/mol. The number of aromatic nitrogens is 1. The van der Waals surface area contributed by atoms with Crippen molar-refractivity contribution in [1.29, 1.82) is 0 Å². The molecule has 1 aliphatic heterocycles. The maximum Gasteiger partial charge on any atom is 0.324 e. The van der Waals surface area contributed by atoms with E-state index in [4.69, 9.17) is 0 Å². The van der Waals surface area contributed by atoms with Crippen LogP contribution in [-0.4, -0.2) is 24.1 Å². The molecular weight excluding hydrogens is 288 g/mol. The minimum absolute atomic E-state index is 0.289. The minimum atomic E-state index is -0.289. The van der Waals surface area contributed by atoms with Gasteiger partial charge in [-0.1, -0.05) is 13.0 Å². The largest absolute Gasteiger partial charge is 0.372 e. The second-order valence-electron chi connectivity index (χ2n) is 6.01. The van der Waals surface area contributed by atoms with Gasteiger partial charge in [-0.3, -0.25) is 5.32 Å². The van der Waals surface area contributed by atoms with Crippen molar-refractivity contribution in [1.82, 2.24) is 4.98 Å². The second kappa shape index (κ2) is 7.13. The van der Waals surface area contributed by atoms with Crippen LogP contribution in [0.3, 0.4) is 0 Å². The van der Waals surface area contributed by atoms with Gasteiger partial charge in [-0.25, -0.2) is 9.78 Å². The Hall–Kier alpha value is -2.56. The first-order valence-corrected chi connectivity index (χ1v) is 8.05. The first kappa shape index (κ1) is 15.3. The molecule has 1 fully saturated rings. The Morgan fingerprint density at radius 3 is 2.48 bits per heavy atom. The quantitative estimate of drug-likeness (QED) is 0.902. The van der Waals surface area contributed by atoms with E-state index < -0.39 is 0 Å². The molecule has 2 heterocycles. The van der Waals surface area contributed by atoms with Gasteiger partial charge in [0.2, 0.25) is 0 Å². The van der Waals surface area contributed by atoms with Crippen LogP contribution < -0.4 is 15.5 Å². The molecule has 5 heteroatoms. The molecule has 2 aromatic rings. The molecule has 1 aliphatic rings. The molecule has 0 aliphatic carbocycles. The topological polar surface area (TPSA) is 57.3 Å². The highest BCUT2D eigenvalue weighted by molar-refractivity contribution is 5.99. The maximum absolute atomic E-state index is 11.9. The summed E-state index contributed by atoms with van der Waals surface area (Å²) in [5.41, 5.74) is 1.99. The Balaban J connectivity index is 1.56. The lowest BCUT2D eigenvalue weighted by atomic mass is 9.99. The molecule has 2 N–H and O–H groups in total. The molecule has 3 rings (SSSR count). The second-order valence-corrected chi connectivity index (χ2v) is 6.01. The number of carbonyl (C=O) groups is 1. The van der Waals surface area contributed by atoms with E-state index in [1.54, 1.807) is 12.3 Å². The molecule has 1 aromatic heterocycles. The van der Waals surface area contributed by atoms with Gasteiger partial charge in [-0.2, -0.15) is 0 Å². The summed E-state index contributed by atoms with van der Waals surface area (Å²) in [5, 5.41) is 5.52. The molecule has 1 aromatic carbocycles. The SMILES string of the molecule is CC1CCN(c2ccc(NC(=O)Nc3ccccn3)cc2)CC1. The summed E-state index contributed by atoms with van der Waals surface area (Å²) in [5.74, 6) is 1.35. The zero-order valence-corrected chi connectivity index (χ0v) is 13.3. The lowest BCUT2D eigenvalue weighted by Gasteiger charge is -2.32. The molecule has 120 valence electrons. The molecule has 23 heavy (non-hydrogen) atoms. The van der Waals surface area contributed by atoms with Gasteiger partial charge in [-0.15, -0.1) is 0 Å². The first-order chi connectivity index (χ1) is 11.2. The summed E-state index contributed by atoms with van der Waals surface area (Å²) in [4.78, 5) is 18.4. The number of anilines is 3. The van der Waals surface area contributed by atoms with Crippen molar-refractivity contribution >= 4 is 23.2 Å². The van der Waals surface area contributed by atoms with Crippen molar-refractivity contribution in [3.63, 3.8) is 0 Å². The van der Waals surface area contributed by atoms with Crippen LogP contribution in [-0.2, 0) is 0 Å². The van der Waals surface area contributed by atoms with Crippen LogP contribution in [0.15, 0.2) is 48.7 Å². The Morgan fingerprint density at radius 2 is 1.83 bits per heavy atom. The zero-order valence-electron chi connectivity index (χ0n) is 13.3. The summed E-state index contributed by atoms with van der Waals surface area (Å²) in [6.07, 6.45) is 4.13. The smallest absolute Gasteiger partial charge is 0.324 e. The minimum Gasteiger partial charge on any atom is -0.372 e. The lowest BCUT2D eigenvalue weighted by molar-refractivity contribution is 0.262. The lowest BCUT2D eigenvalue weighted by Crippen LogP contribution is -2.32. The van der Waals surface area contributed by atoms with E-state index in [1.165, 1.54) is 18.5 Å². The summed E-state index contributed by atoms with van der Waals surface area (Å²) in [6, 6.07) is 13.1. The van der Waals surface area contributed by atoms with Gasteiger partial charge < -0.3 is 10.2 Å². The van der Waals surface area contributed by atoms with E-state index in [-0.39, 0.29) is 6.03 Å². The number of hydrogen-bond acceptors (Lipinski definition) is 3. The first-order valence-electron chi connectivity index (χ1n) is 8.05. The molecule has 0 radical (unpaired) electrons. The number of benzene rings is 1. The number of amides is 2. The number of pyridine rings is 1. The highest BCUT2D eigenvalue weighted by Crippen LogP contribution is 2.24. The van der Waals surface area contributed by atoms with Crippen LogP contribution in [0.25, 0.3) is 0 Å². The van der Waals surface area contributed by atoms with Crippen molar-refractivity contribution in [3.8, 4) is 0 Å². The van der Waals surface area contributed by atoms with Crippen LogP contribution in [0.4, 0.5) is 22.0 Å². The van der Waals surface area contributed by atoms with Crippen LogP contribution in [0.1, 0.15) is 19.8 Å². The highest BCUT2D eigenvalue weighted by Gasteiger charge is 2.15. The molecule has 1 saturated heterocycles. The highest BCUT2D eigenvalue weighted by atomic mass is 16.2. The Labute approximate surface area is 136 Å². The van der Waals surface area contributed by atoms with Crippen LogP contribution in [0, 0.1) is 5.92 Å². The third kappa shape index (κ3) is 4.22. The van der Waals surface area contributed by atoms with Crippen molar-refractivity contribution in [2.45, 2.75) is 19.8 Å². The van der Waals surface area contributed by atoms with Gasteiger partial charge in [0.05, 0.1) is 0 Å². The van der Waals surface area contributed by atoms with Gasteiger partial charge in [0.15, 0.2) is 0 Å². The average molecular weight is 310 g/mol. The normalized spacial score (nSPS) is 15.3. The third-order valence-corrected chi connectivity index (χ3v) is 4.18. The average Bonchev–Trinajstić information content (AvgIpc) is 2.57. The Bertz CT molecular complexity index is 634. The van der Waals surface area contributed by atoms with Crippen molar-refractivity contribution in [3.05, 3.63) is 48.7 Å². The number of piperidine rings is 1. The fraction of sp³-hybridized carbons (Fsp3) is 0.333. The molecule has 0 saturated carbocycles. The van der Waals surface area contributed by atoms with Crippen LogP contribution in [0.2, 0.25) is 0 Å². The van der Waals surface area contributed by atoms with E-state index in [1.807, 2.05) is 24.3 Å². The Kier molecular flexibility index (Phi) is 4.76. The number of carbonyl (C=O) groups excluding carboxylic acids is 1. The van der Waals surface area contributed by atoms with Crippen molar-refractivity contribution < 1.29 is 4.79 Å². The van der Waals surface area contributed by atoms with E-state index >= 15 is 0 Å². The number of nitrogens with zero attached hydrogens (tertiary/aromatic N) is 2. The molecular formula is C18H22N4O. The van der Waals surface area contributed by atoms with E-state index in [0.717, 1.165) is 24.7 Å². The summed E-state index contributed by atoms with van der Waals surface area (Å²) in [6.45, 7) is 4.52. The van der Waals surface area contributed by atoms with Crippen molar-refractivity contribution in [2.75, 3.05) is 28.6 Å². The summed E-state index contributed by atoms with van der Waals surface area (Å²) >= 11 is 0. The zero-order chi connectivity index (χ0) is 16.1. The molecule has 2 amide bonds. The van der Waals surface area contributed by atoms with Gasteiger partial charge in [-0.05, 0) is 55.2 Å². The van der Waals surface area contributed by atoms with Crippen LogP contribution in [0.5, 0.6) is 0 Å². The summed E-state index contributed by atoms with van der Waals surface area (Å²) < 4.78 is 0. The molecule has 0 spiro atoms. The predicted octanol–water partition coefficient (Wildman–Crippen LogP) is 3.96. The molecule has 5 nitrogen and oxygen atoms in total. The molecule has 0 unspecified atom stereocenters. The van der Waals surface area contributed by atoms with Crippen LogP contribution >= 0.6 is 0 Å². The number of hydrogen-bond donors (Lipinski definition) is 2. The fourth-order valence-corrected chi connectivity index (χ4v) is 2.74. The number of urea groups is 1. The van der Waals surface area contributed by atoms with Gasteiger partial charge in [0.25, 0.3) is 0 Å². The van der Waals surface area contributed by atoms with Gasteiger partial charge in [0, 0.05) is 30.7 Å². The van der Waals surface area contributed by atoms with Crippen molar-refractivity contribution in [2.24, 2.45) is 5.92 Å². The predicted molar refractivity (Wildman–Crippen MR) is 93.9 cm³/mol. The maximum atomic E-state index is 11.9. The van der Waals surface area contributed by atoms with Gasteiger partial charge in [0.1, 0.15) is 5.82 Å².